The number of benzene rings is 1. The number of fused-ring (bicyclic) bond motifs is 1. The summed E-state index contributed by atoms with van der Waals surface area (Å²) in [7, 11) is 0. The number of carbonyl (C=O) groups is 2. The third kappa shape index (κ3) is 3.51. The molecule has 2 aliphatic rings. The summed E-state index contributed by atoms with van der Waals surface area (Å²) < 4.78 is 5.17. The Morgan fingerprint density at radius 3 is 2.50 bits per heavy atom. The van der Waals surface area contributed by atoms with Gasteiger partial charge in [0.1, 0.15) is 6.04 Å². The smallest absolute Gasteiger partial charge is 0.287 e. The van der Waals surface area contributed by atoms with Crippen LogP contribution in [0.3, 0.4) is 0 Å². The van der Waals surface area contributed by atoms with Crippen molar-refractivity contribution in [1.29, 1.82) is 0 Å². The van der Waals surface area contributed by atoms with Crippen molar-refractivity contribution in [1.82, 2.24) is 15.5 Å². The first-order valence-corrected chi connectivity index (χ1v) is 9.08. The van der Waals surface area contributed by atoms with Gasteiger partial charge in [-0.1, -0.05) is 30.3 Å². The van der Waals surface area contributed by atoms with E-state index < -0.39 is 6.04 Å². The lowest BCUT2D eigenvalue weighted by Crippen LogP contribution is -2.49. The molecule has 1 aromatic heterocycles. The fourth-order valence-corrected chi connectivity index (χ4v) is 3.94. The van der Waals surface area contributed by atoms with Gasteiger partial charge < -0.3 is 20.0 Å². The van der Waals surface area contributed by atoms with E-state index in [1.54, 1.807) is 12.1 Å². The SMILES string of the molecule is O=C(NC(Cc1ccccc1)C(=O)N1C[C@H]2CNC[C@H]2C1)c1ccco1. The summed E-state index contributed by atoms with van der Waals surface area (Å²) in [6, 6.07) is 12.4. The average Bonchev–Trinajstić information content (AvgIpc) is 3.38. The second-order valence-corrected chi connectivity index (χ2v) is 7.11. The molecule has 3 heterocycles. The van der Waals surface area contributed by atoms with Gasteiger partial charge in [-0.2, -0.15) is 0 Å². The normalized spacial score (nSPS) is 22.8. The van der Waals surface area contributed by atoms with Crippen LogP contribution in [0.5, 0.6) is 0 Å². The quantitative estimate of drug-likeness (QED) is 0.850. The van der Waals surface area contributed by atoms with Crippen LogP contribution in [-0.2, 0) is 11.2 Å². The van der Waals surface area contributed by atoms with Gasteiger partial charge in [-0.15, -0.1) is 0 Å². The minimum absolute atomic E-state index is 0.0110. The fraction of sp³-hybridized carbons (Fsp3) is 0.400. The first-order chi connectivity index (χ1) is 12.7. The standard InChI is InChI=1S/C20H23N3O3/c24-19(18-7-4-8-26-18)22-17(9-14-5-2-1-3-6-14)20(25)23-12-15-10-21-11-16(15)13-23/h1-8,15-17,21H,9-13H2,(H,22,24)/t15-,16+,17?. The summed E-state index contributed by atoms with van der Waals surface area (Å²) in [6.45, 7) is 3.46. The number of hydrogen-bond donors (Lipinski definition) is 2. The van der Waals surface area contributed by atoms with Gasteiger partial charge >= 0.3 is 0 Å². The lowest BCUT2D eigenvalue weighted by Gasteiger charge is -2.25. The first kappa shape index (κ1) is 16.8. The molecule has 0 bridgehead atoms. The molecule has 0 saturated carbocycles. The van der Waals surface area contributed by atoms with Gasteiger partial charge in [-0.3, -0.25) is 9.59 Å². The number of nitrogens with one attached hydrogen (secondary N) is 2. The number of furan rings is 1. The molecule has 6 heteroatoms. The monoisotopic (exact) mass is 353 g/mol. The third-order valence-electron chi connectivity index (χ3n) is 5.33. The van der Waals surface area contributed by atoms with Gasteiger partial charge in [0.2, 0.25) is 5.91 Å². The Morgan fingerprint density at radius 1 is 1.12 bits per heavy atom. The summed E-state index contributed by atoms with van der Waals surface area (Å²) in [5.74, 6) is 0.904. The average molecular weight is 353 g/mol. The van der Waals surface area contributed by atoms with Gasteiger partial charge in [0.15, 0.2) is 5.76 Å². The van der Waals surface area contributed by atoms with Crippen molar-refractivity contribution in [3.63, 3.8) is 0 Å². The molecule has 136 valence electrons. The molecular weight excluding hydrogens is 330 g/mol. The number of nitrogens with zero attached hydrogens (tertiary/aromatic N) is 1. The maximum absolute atomic E-state index is 13.1. The number of carbonyl (C=O) groups excluding carboxylic acids is 2. The third-order valence-corrected chi connectivity index (χ3v) is 5.33. The molecule has 2 fully saturated rings. The molecule has 4 rings (SSSR count). The molecule has 26 heavy (non-hydrogen) atoms. The van der Waals surface area contributed by atoms with E-state index in [0.29, 0.717) is 18.3 Å². The number of hydrogen-bond acceptors (Lipinski definition) is 4. The van der Waals surface area contributed by atoms with E-state index in [2.05, 4.69) is 10.6 Å². The molecular formula is C20H23N3O3. The number of likely N-dealkylation sites (tertiary alicyclic amines) is 1. The Morgan fingerprint density at radius 2 is 1.85 bits per heavy atom. The topological polar surface area (TPSA) is 74.6 Å². The predicted octanol–water partition coefficient (Wildman–Crippen LogP) is 1.30. The molecule has 2 aliphatic heterocycles. The van der Waals surface area contributed by atoms with Crippen molar-refractivity contribution in [3.05, 3.63) is 60.1 Å². The Kier molecular flexibility index (Phi) is 4.75. The van der Waals surface area contributed by atoms with Crippen LogP contribution in [0.25, 0.3) is 0 Å². The molecule has 1 unspecified atom stereocenters. The lowest BCUT2D eigenvalue weighted by molar-refractivity contribution is -0.132. The summed E-state index contributed by atoms with van der Waals surface area (Å²) in [5, 5.41) is 6.25. The lowest BCUT2D eigenvalue weighted by atomic mass is 10.0. The van der Waals surface area contributed by atoms with Gasteiger partial charge in [0.25, 0.3) is 5.91 Å². The first-order valence-electron chi connectivity index (χ1n) is 9.08. The maximum Gasteiger partial charge on any atom is 0.287 e. The van der Waals surface area contributed by atoms with Gasteiger partial charge in [0, 0.05) is 32.6 Å². The molecule has 0 radical (unpaired) electrons. The molecule has 6 nitrogen and oxygen atoms in total. The van der Waals surface area contributed by atoms with Crippen molar-refractivity contribution < 1.29 is 14.0 Å². The van der Waals surface area contributed by atoms with Crippen molar-refractivity contribution in [2.75, 3.05) is 26.2 Å². The molecule has 2 N–H and O–H groups in total. The van der Waals surface area contributed by atoms with Crippen LogP contribution < -0.4 is 10.6 Å². The van der Waals surface area contributed by atoms with Crippen LogP contribution in [0.2, 0.25) is 0 Å². The van der Waals surface area contributed by atoms with Gasteiger partial charge in [0.05, 0.1) is 6.26 Å². The highest BCUT2D eigenvalue weighted by Crippen LogP contribution is 2.27. The Bertz CT molecular complexity index is 748. The van der Waals surface area contributed by atoms with Crippen LogP contribution in [-0.4, -0.2) is 48.9 Å². The van der Waals surface area contributed by atoms with Crippen LogP contribution in [0.15, 0.2) is 53.1 Å². The van der Waals surface area contributed by atoms with Crippen LogP contribution in [0.1, 0.15) is 16.1 Å². The van der Waals surface area contributed by atoms with E-state index in [9.17, 15) is 9.59 Å². The Hall–Kier alpha value is -2.60. The van der Waals surface area contributed by atoms with Crippen molar-refractivity contribution >= 4 is 11.8 Å². The fourth-order valence-electron chi connectivity index (χ4n) is 3.94. The van der Waals surface area contributed by atoms with E-state index in [1.807, 2.05) is 35.2 Å². The second kappa shape index (κ2) is 7.33. The molecule has 1 aromatic carbocycles. The van der Waals surface area contributed by atoms with Gasteiger partial charge in [-0.25, -0.2) is 0 Å². The van der Waals surface area contributed by atoms with Crippen molar-refractivity contribution in [2.24, 2.45) is 11.8 Å². The van der Waals surface area contributed by atoms with E-state index in [-0.39, 0.29) is 17.6 Å². The minimum atomic E-state index is -0.596. The van der Waals surface area contributed by atoms with E-state index in [0.717, 1.165) is 31.7 Å². The Labute approximate surface area is 152 Å². The van der Waals surface area contributed by atoms with E-state index in [1.165, 1.54) is 6.26 Å². The molecule has 0 aliphatic carbocycles. The summed E-state index contributed by atoms with van der Waals surface area (Å²) >= 11 is 0. The van der Waals surface area contributed by atoms with Crippen LogP contribution >= 0.6 is 0 Å². The second-order valence-electron chi connectivity index (χ2n) is 7.11. The van der Waals surface area contributed by atoms with E-state index in [4.69, 9.17) is 4.42 Å². The molecule has 0 spiro atoms. The summed E-state index contributed by atoms with van der Waals surface area (Å²) in [6.07, 6.45) is 1.92. The number of rotatable bonds is 5. The van der Waals surface area contributed by atoms with Crippen molar-refractivity contribution in [2.45, 2.75) is 12.5 Å². The van der Waals surface area contributed by atoms with Gasteiger partial charge in [-0.05, 0) is 29.5 Å². The highest BCUT2D eigenvalue weighted by atomic mass is 16.3. The van der Waals surface area contributed by atoms with E-state index >= 15 is 0 Å². The molecule has 3 atom stereocenters. The number of amides is 2. The minimum Gasteiger partial charge on any atom is -0.459 e. The largest absolute Gasteiger partial charge is 0.459 e. The van der Waals surface area contributed by atoms with Crippen LogP contribution in [0.4, 0.5) is 0 Å². The Balaban J connectivity index is 1.49. The summed E-state index contributed by atoms with van der Waals surface area (Å²) in [4.78, 5) is 27.5. The summed E-state index contributed by atoms with van der Waals surface area (Å²) in [5.41, 5.74) is 1.02. The zero-order chi connectivity index (χ0) is 17.9. The van der Waals surface area contributed by atoms with Crippen LogP contribution in [0, 0.1) is 11.8 Å². The highest BCUT2D eigenvalue weighted by Gasteiger charge is 2.40. The predicted molar refractivity (Wildman–Crippen MR) is 96.5 cm³/mol. The maximum atomic E-state index is 13.1. The van der Waals surface area contributed by atoms with Crippen molar-refractivity contribution in [3.8, 4) is 0 Å². The molecule has 2 amide bonds. The highest BCUT2D eigenvalue weighted by molar-refractivity contribution is 5.95. The zero-order valence-electron chi connectivity index (χ0n) is 14.6. The zero-order valence-corrected chi connectivity index (χ0v) is 14.6. The molecule has 2 aromatic rings. The molecule has 2 saturated heterocycles.